The molecule has 1 fully saturated rings. The Morgan fingerprint density at radius 1 is 0.926 bits per heavy atom. The molecule has 146 valence electrons. The van der Waals surface area contributed by atoms with E-state index in [4.69, 9.17) is 4.74 Å². The molecule has 0 aromatic heterocycles. The van der Waals surface area contributed by atoms with Gasteiger partial charge in [-0.1, -0.05) is 51.0 Å². The van der Waals surface area contributed by atoms with Gasteiger partial charge in [0.1, 0.15) is 5.82 Å². The number of rotatable bonds is 6. The van der Waals surface area contributed by atoms with Crippen molar-refractivity contribution in [2.45, 2.75) is 58.5 Å². The summed E-state index contributed by atoms with van der Waals surface area (Å²) in [5.41, 5.74) is 1.13. The lowest BCUT2D eigenvalue weighted by Gasteiger charge is -2.29. The third-order valence-electron chi connectivity index (χ3n) is 5.39. The van der Waals surface area contributed by atoms with E-state index in [0.717, 1.165) is 37.7 Å². The second-order valence-electron chi connectivity index (χ2n) is 7.45. The molecule has 1 saturated heterocycles. The van der Waals surface area contributed by atoms with Crippen molar-refractivity contribution in [3.63, 3.8) is 0 Å². The first-order valence-electron chi connectivity index (χ1n) is 9.93. The minimum Gasteiger partial charge on any atom is -0.373 e. The van der Waals surface area contributed by atoms with Crippen molar-refractivity contribution in [1.82, 2.24) is 0 Å². The molecule has 4 heteroatoms. The van der Waals surface area contributed by atoms with Gasteiger partial charge >= 0.3 is 0 Å². The van der Waals surface area contributed by atoms with Gasteiger partial charge in [-0.2, -0.15) is 0 Å². The van der Waals surface area contributed by atoms with Gasteiger partial charge in [0.25, 0.3) is 0 Å². The van der Waals surface area contributed by atoms with Gasteiger partial charge in [0.15, 0.2) is 11.6 Å². The lowest BCUT2D eigenvalue weighted by Crippen LogP contribution is -2.21. The number of hydrogen-bond donors (Lipinski definition) is 0. The highest BCUT2D eigenvalue weighted by Crippen LogP contribution is 2.37. The van der Waals surface area contributed by atoms with Crippen LogP contribution in [0.25, 0.3) is 11.1 Å². The normalized spacial score (nSPS) is 20.0. The fraction of sp³-hybridized carbons (Fsp3) is 0.478. The second kappa shape index (κ2) is 8.92. The molecule has 27 heavy (non-hydrogen) atoms. The zero-order chi connectivity index (χ0) is 19.4. The predicted molar refractivity (Wildman–Crippen MR) is 102 cm³/mol. The molecule has 2 atom stereocenters. The largest absolute Gasteiger partial charge is 0.373 e. The van der Waals surface area contributed by atoms with Gasteiger partial charge < -0.3 is 4.74 Å². The van der Waals surface area contributed by atoms with Crippen LogP contribution >= 0.6 is 0 Å². The van der Waals surface area contributed by atoms with E-state index in [1.165, 1.54) is 24.3 Å². The summed E-state index contributed by atoms with van der Waals surface area (Å²) in [4.78, 5) is 0. The first-order valence-corrected chi connectivity index (χ1v) is 9.93. The summed E-state index contributed by atoms with van der Waals surface area (Å²) in [6, 6.07) is 7.71. The van der Waals surface area contributed by atoms with Crippen LogP contribution in [0.15, 0.2) is 30.3 Å². The quantitative estimate of drug-likeness (QED) is 0.528. The van der Waals surface area contributed by atoms with Crippen LogP contribution in [0.3, 0.4) is 0 Å². The molecular formula is C23H27F3O. The summed E-state index contributed by atoms with van der Waals surface area (Å²) < 4.78 is 49.7. The van der Waals surface area contributed by atoms with Gasteiger partial charge in [0.2, 0.25) is 0 Å². The standard InChI is InChI=1S/C23H27F3O/c1-3-5-15-7-9-17(20(24)13-15)18-10-11-19(23(26)22(18)25)21-12-8-16(6-4-2)14-27-21/h7,9-11,13,16,21H,3-6,8,12,14H2,1-2H3. The Labute approximate surface area is 159 Å². The SMILES string of the molecule is CCCc1ccc(-c2ccc(C3CCC(CCC)CO3)c(F)c2F)c(F)c1. The molecule has 2 aromatic rings. The molecule has 0 amide bonds. The second-order valence-corrected chi connectivity index (χ2v) is 7.45. The van der Waals surface area contributed by atoms with E-state index in [0.29, 0.717) is 18.9 Å². The molecule has 0 saturated carbocycles. The first-order chi connectivity index (χ1) is 13.0. The van der Waals surface area contributed by atoms with Crippen molar-refractivity contribution in [3.05, 3.63) is 58.9 Å². The third kappa shape index (κ3) is 4.37. The Bertz CT molecular complexity index is 779. The summed E-state index contributed by atoms with van der Waals surface area (Å²) in [5.74, 6) is -1.96. The highest BCUT2D eigenvalue weighted by atomic mass is 19.2. The number of hydrogen-bond acceptors (Lipinski definition) is 1. The molecule has 0 aliphatic carbocycles. The number of benzene rings is 2. The Hall–Kier alpha value is -1.81. The fourth-order valence-corrected chi connectivity index (χ4v) is 3.93. The lowest BCUT2D eigenvalue weighted by molar-refractivity contribution is -0.0214. The van der Waals surface area contributed by atoms with Crippen LogP contribution in [-0.4, -0.2) is 6.61 Å². The lowest BCUT2D eigenvalue weighted by atomic mass is 9.90. The van der Waals surface area contributed by atoms with Crippen LogP contribution in [-0.2, 0) is 11.2 Å². The van der Waals surface area contributed by atoms with E-state index >= 15 is 0 Å². The number of ether oxygens (including phenoxy) is 1. The molecular weight excluding hydrogens is 349 g/mol. The van der Waals surface area contributed by atoms with Crippen LogP contribution in [0.4, 0.5) is 13.2 Å². The van der Waals surface area contributed by atoms with Crippen molar-refractivity contribution in [2.75, 3.05) is 6.61 Å². The average molecular weight is 376 g/mol. The molecule has 1 nitrogen and oxygen atoms in total. The monoisotopic (exact) mass is 376 g/mol. The van der Waals surface area contributed by atoms with Crippen LogP contribution < -0.4 is 0 Å². The maximum Gasteiger partial charge on any atom is 0.167 e. The molecule has 1 aliphatic rings. The smallest absolute Gasteiger partial charge is 0.167 e. The highest BCUT2D eigenvalue weighted by molar-refractivity contribution is 5.66. The highest BCUT2D eigenvalue weighted by Gasteiger charge is 2.27. The van der Waals surface area contributed by atoms with Crippen molar-refractivity contribution in [1.29, 1.82) is 0 Å². The van der Waals surface area contributed by atoms with Crippen molar-refractivity contribution < 1.29 is 17.9 Å². The number of aryl methyl sites for hydroxylation is 1. The summed E-state index contributed by atoms with van der Waals surface area (Å²) in [7, 11) is 0. The molecule has 2 aromatic carbocycles. The van der Waals surface area contributed by atoms with Crippen molar-refractivity contribution in [2.24, 2.45) is 5.92 Å². The maximum atomic E-state index is 14.7. The van der Waals surface area contributed by atoms with E-state index < -0.39 is 23.6 Å². The van der Waals surface area contributed by atoms with E-state index in [1.54, 1.807) is 6.07 Å². The minimum atomic E-state index is -1.01. The van der Waals surface area contributed by atoms with Crippen LogP contribution in [0.2, 0.25) is 0 Å². The summed E-state index contributed by atoms with van der Waals surface area (Å²) in [6.45, 7) is 4.72. The van der Waals surface area contributed by atoms with Gasteiger partial charge in [-0.15, -0.1) is 0 Å². The van der Waals surface area contributed by atoms with Crippen LogP contribution in [0.1, 0.15) is 63.2 Å². The third-order valence-corrected chi connectivity index (χ3v) is 5.39. The van der Waals surface area contributed by atoms with Gasteiger partial charge in [-0.25, -0.2) is 13.2 Å². The zero-order valence-electron chi connectivity index (χ0n) is 16.0. The molecule has 0 spiro atoms. The van der Waals surface area contributed by atoms with Crippen molar-refractivity contribution in [3.8, 4) is 11.1 Å². The fourth-order valence-electron chi connectivity index (χ4n) is 3.93. The van der Waals surface area contributed by atoms with Gasteiger partial charge in [-0.3, -0.25) is 0 Å². The zero-order valence-corrected chi connectivity index (χ0v) is 16.0. The molecule has 0 radical (unpaired) electrons. The molecule has 0 bridgehead atoms. The van der Waals surface area contributed by atoms with E-state index in [-0.39, 0.29) is 16.7 Å². The maximum absolute atomic E-state index is 14.7. The Kier molecular flexibility index (Phi) is 6.59. The molecule has 2 unspecified atom stereocenters. The van der Waals surface area contributed by atoms with E-state index in [9.17, 15) is 13.2 Å². The summed E-state index contributed by atoms with van der Waals surface area (Å²) in [5, 5.41) is 0. The molecule has 1 heterocycles. The van der Waals surface area contributed by atoms with Gasteiger partial charge in [0.05, 0.1) is 12.7 Å². The van der Waals surface area contributed by atoms with Gasteiger partial charge in [-0.05, 0) is 43.2 Å². The Morgan fingerprint density at radius 3 is 2.33 bits per heavy atom. The Balaban J connectivity index is 1.84. The molecule has 3 rings (SSSR count). The molecule has 0 N–H and O–H groups in total. The topological polar surface area (TPSA) is 9.23 Å². The Morgan fingerprint density at radius 2 is 1.70 bits per heavy atom. The molecule has 1 aliphatic heterocycles. The van der Waals surface area contributed by atoms with Crippen LogP contribution in [0, 0.1) is 23.4 Å². The average Bonchev–Trinajstić information content (AvgIpc) is 2.66. The van der Waals surface area contributed by atoms with Crippen molar-refractivity contribution >= 4 is 0 Å². The van der Waals surface area contributed by atoms with E-state index in [2.05, 4.69) is 6.92 Å². The van der Waals surface area contributed by atoms with E-state index in [1.807, 2.05) is 6.92 Å². The first kappa shape index (κ1) is 19.9. The summed E-state index contributed by atoms with van der Waals surface area (Å²) in [6.07, 6.45) is 5.05. The number of halogens is 3. The van der Waals surface area contributed by atoms with Crippen LogP contribution in [0.5, 0.6) is 0 Å². The summed E-state index contributed by atoms with van der Waals surface area (Å²) >= 11 is 0. The minimum absolute atomic E-state index is 0.0449. The predicted octanol–water partition coefficient (Wildman–Crippen LogP) is 6.99. The van der Waals surface area contributed by atoms with Gasteiger partial charge in [0, 0.05) is 16.7 Å².